The Morgan fingerprint density at radius 1 is 1.26 bits per heavy atom. The summed E-state index contributed by atoms with van der Waals surface area (Å²) in [5.74, 6) is 1.56. The smallest absolute Gasteiger partial charge is 0.152 e. The molecule has 144 valence electrons. The van der Waals surface area contributed by atoms with Crippen LogP contribution in [0.2, 0.25) is 0 Å². The van der Waals surface area contributed by atoms with E-state index in [0.717, 1.165) is 59.3 Å². The van der Waals surface area contributed by atoms with Crippen molar-refractivity contribution in [2.75, 3.05) is 12.8 Å². The molecule has 2 heterocycles. The van der Waals surface area contributed by atoms with Crippen LogP contribution in [0, 0.1) is 5.41 Å². The summed E-state index contributed by atoms with van der Waals surface area (Å²) in [6, 6.07) is 8.13. The Labute approximate surface area is 160 Å². The first-order chi connectivity index (χ1) is 12.9. The van der Waals surface area contributed by atoms with Crippen LogP contribution in [0.1, 0.15) is 46.4 Å². The number of hydrogen-bond acceptors (Lipinski definition) is 5. The van der Waals surface area contributed by atoms with Crippen LogP contribution in [-0.2, 0) is 17.8 Å². The molecule has 0 saturated heterocycles. The fraction of sp³-hybridized carbons (Fsp3) is 0.476. The molecule has 2 aromatic heterocycles. The maximum atomic E-state index is 6.26. The zero-order valence-electron chi connectivity index (χ0n) is 16.9. The Kier molecular flexibility index (Phi) is 5.35. The fourth-order valence-corrected chi connectivity index (χ4v) is 3.85. The summed E-state index contributed by atoms with van der Waals surface area (Å²) in [7, 11) is 1.58. The molecule has 0 spiro atoms. The van der Waals surface area contributed by atoms with Gasteiger partial charge < -0.3 is 15.1 Å². The number of nitrogens with two attached hydrogens (primary N) is 1. The fourth-order valence-electron chi connectivity index (χ4n) is 3.85. The summed E-state index contributed by atoms with van der Waals surface area (Å²) in [5, 5.41) is 5.18. The molecule has 0 bridgehead atoms. The van der Waals surface area contributed by atoms with Crippen molar-refractivity contribution >= 4 is 33.5 Å². The molecule has 0 aliphatic rings. The zero-order chi connectivity index (χ0) is 19.6. The first-order valence-electron chi connectivity index (χ1n) is 9.46. The van der Waals surface area contributed by atoms with Crippen molar-refractivity contribution in [1.29, 1.82) is 0 Å². The van der Waals surface area contributed by atoms with Crippen LogP contribution in [0.3, 0.4) is 0 Å². The lowest BCUT2D eigenvalue weighted by Crippen LogP contribution is -2.24. The minimum atomic E-state index is -0.0125. The lowest BCUT2D eigenvalue weighted by Gasteiger charge is -2.26. The highest BCUT2D eigenvalue weighted by Crippen LogP contribution is 2.33. The maximum absolute atomic E-state index is 6.26. The molecule has 1 aromatic carbocycles. The summed E-state index contributed by atoms with van der Waals surface area (Å²) in [5.41, 5.74) is 10.0. The molecule has 27 heavy (non-hydrogen) atoms. The Balaban J connectivity index is 2.17. The Morgan fingerprint density at radius 2 is 2.00 bits per heavy atom. The number of aromatic nitrogens is 3. The van der Waals surface area contributed by atoms with E-state index in [1.165, 1.54) is 0 Å². The van der Waals surface area contributed by atoms with Crippen molar-refractivity contribution in [3.05, 3.63) is 30.1 Å². The van der Waals surface area contributed by atoms with Crippen molar-refractivity contribution in [2.24, 2.45) is 10.6 Å². The lowest BCUT2D eigenvalue weighted by atomic mass is 9.87. The average molecular weight is 367 g/mol. The largest absolute Gasteiger partial charge is 0.399 e. The van der Waals surface area contributed by atoms with Gasteiger partial charge in [0, 0.05) is 18.4 Å². The lowest BCUT2D eigenvalue weighted by molar-refractivity contribution is 0.209. The van der Waals surface area contributed by atoms with Crippen LogP contribution in [-0.4, -0.2) is 27.4 Å². The zero-order valence-corrected chi connectivity index (χ0v) is 16.9. The highest BCUT2D eigenvalue weighted by Gasteiger charge is 2.25. The molecule has 3 aromatic rings. The number of hydrogen-bond donors (Lipinski definition) is 1. The summed E-state index contributed by atoms with van der Waals surface area (Å²) < 4.78 is 2.33. The molecule has 0 amide bonds. The number of oxime groups is 1. The van der Waals surface area contributed by atoms with Crippen LogP contribution < -0.4 is 5.73 Å². The maximum Gasteiger partial charge on any atom is 0.152 e. The van der Waals surface area contributed by atoms with Crippen molar-refractivity contribution in [2.45, 2.75) is 53.5 Å². The van der Waals surface area contributed by atoms with Gasteiger partial charge in [-0.2, -0.15) is 0 Å². The number of pyridine rings is 1. The van der Waals surface area contributed by atoms with E-state index in [-0.39, 0.29) is 5.41 Å². The second-order valence-corrected chi connectivity index (χ2v) is 7.93. The van der Waals surface area contributed by atoms with Crippen molar-refractivity contribution in [3.8, 4) is 0 Å². The van der Waals surface area contributed by atoms with Gasteiger partial charge in [-0.05, 0) is 31.2 Å². The molecule has 2 N–H and O–H groups in total. The van der Waals surface area contributed by atoms with Crippen molar-refractivity contribution < 1.29 is 4.84 Å². The van der Waals surface area contributed by atoms with Gasteiger partial charge in [-0.25, -0.2) is 9.97 Å². The van der Waals surface area contributed by atoms with Crippen LogP contribution in [0.5, 0.6) is 0 Å². The third kappa shape index (κ3) is 3.89. The molecular weight excluding hydrogens is 338 g/mol. The highest BCUT2D eigenvalue weighted by molar-refractivity contribution is 6.06. The molecule has 0 aliphatic heterocycles. The Bertz CT molecular complexity index is 987. The Hall–Kier alpha value is -2.63. The molecule has 3 rings (SSSR count). The molecule has 0 unspecified atom stereocenters. The number of imidazole rings is 1. The van der Waals surface area contributed by atoms with Crippen LogP contribution in [0.4, 0.5) is 5.82 Å². The molecular formula is C21H29N5O. The monoisotopic (exact) mass is 367 g/mol. The van der Waals surface area contributed by atoms with Gasteiger partial charge in [0.05, 0.1) is 16.7 Å². The van der Waals surface area contributed by atoms with E-state index in [1.807, 2.05) is 25.1 Å². The highest BCUT2D eigenvalue weighted by atomic mass is 16.6. The molecule has 0 fully saturated rings. The molecule has 0 atom stereocenters. The first kappa shape index (κ1) is 19.1. The number of para-hydroxylation sites is 1. The number of nitrogen functional groups attached to an aromatic ring is 1. The van der Waals surface area contributed by atoms with Gasteiger partial charge in [-0.3, -0.25) is 0 Å². The Morgan fingerprint density at radius 3 is 2.70 bits per heavy atom. The van der Waals surface area contributed by atoms with Gasteiger partial charge in [0.15, 0.2) is 5.82 Å². The van der Waals surface area contributed by atoms with Gasteiger partial charge in [-0.15, -0.1) is 0 Å². The number of benzene rings is 1. The van der Waals surface area contributed by atoms with Gasteiger partial charge in [0.1, 0.15) is 18.5 Å². The van der Waals surface area contributed by atoms with E-state index >= 15 is 0 Å². The minimum Gasteiger partial charge on any atom is -0.399 e. The first-order valence-corrected chi connectivity index (χ1v) is 9.46. The molecule has 0 aliphatic carbocycles. The van der Waals surface area contributed by atoms with E-state index in [1.54, 1.807) is 7.11 Å². The number of aryl methyl sites for hydroxylation is 1. The molecule has 0 radical (unpaired) electrons. The van der Waals surface area contributed by atoms with Crippen LogP contribution >= 0.6 is 0 Å². The quantitative estimate of drug-likeness (QED) is 0.490. The van der Waals surface area contributed by atoms with E-state index in [0.29, 0.717) is 5.82 Å². The third-order valence-electron chi connectivity index (χ3n) is 4.73. The molecule has 0 saturated carbocycles. The topological polar surface area (TPSA) is 78.3 Å². The van der Waals surface area contributed by atoms with E-state index < -0.39 is 0 Å². The van der Waals surface area contributed by atoms with Crippen molar-refractivity contribution in [1.82, 2.24) is 14.5 Å². The van der Waals surface area contributed by atoms with E-state index in [2.05, 4.69) is 41.5 Å². The third-order valence-corrected chi connectivity index (χ3v) is 4.73. The van der Waals surface area contributed by atoms with E-state index in [4.69, 9.17) is 15.6 Å². The average Bonchev–Trinajstić information content (AvgIpc) is 2.94. The second kappa shape index (κ2) is 7.55. The molecule has 6 nitrogen and oxygen atoms in total. The standard InChI is InChI=1S/C21H29N5O/c1-6-9-17-24-18-19(15-10-7-8-11-16(15)23-20(18)22)26(17)13-21(3,4)12-14(2)25-27-5/h7-8,10-11H,6,9,12-13H2,1-5H3,(H2,22,23). The van der Waals surface area contributed by atoms with Gasteiger partial charge >= 0.3 is 0 Å². The predicted octanol–water partition coefficient (Wildman–Crippen LogP) is 4.56. The second-order valence-electron chi connectivity index (χ2n) is 7.93. The number of nitrogens with zero attached hydrogens (tertiary/aromatic N) is 4. The van der Waals surface area contributed by atoms with Crippen LogP contribution in [0.25, 0.3) is 21.9 Å². The van der Waals surface area contributed by atoms with Gasteiger partial charge in [-0.1, -0.05) is 44.1 Å². The van der Waals surface area contributed by atoms with Crippen LogP contribution in [0.15, 0.2) is 29.4 Å². The SMILES string of the molecule is CCCc1nc2c(N)nc3ccccc3c2n1CC(C)(C)CC(C)=NOC. The summed E-state index contributed by atoms with van der Waals surface area (Å²) in [4.78, 5) is 14.4. The predicted molar refractivity (Wildman–Crippen MR) is 112 cm³/mol. The normalized spacial score (nSPS) is 12.9. The number of rotatable bonds is 7. The number of anilines is 1. The minimum absolute atomic E-state index is 0.0125. The van der Waals surface area contributed by atoms with Gasteiger partial charge in [0.25, 0.3) is 0 Å². The summed E-state index contributed by atoms with van der Waals surface area (Å²) >= 11 is 0. The number of fused-ring (bicyclic) bond motifs is 3. The summed E-state index contributed by atoms with van der Waals surface area (Å²) in [6.07, 6.45) is 2.77. The van der Waals surface area contributed by atoms with Gasteiger partial charge in [0.2, 0.25) is 0 Å². The summed E-state index contributed by atoms with van der Waals surface area (Å²) in [6.45, 7) is 9.49. The molecule has 6 heteroatoms. The van der Waals surface area contributed by atoms with E-state index in [9.17, 15) is 0 Å². The van der Waals surface area contributed by atoms with Crippen molar-refractivity contribution in [3.63, 3.8) is 0 Å².